The Morgan fingerprint density at radius 2 is 2.06 bits per heavy atom. The van der Waals surface area contributed by atoms with Gasteiger partial charge in [0.05, 0.1) is 18.1 Å². The summed E-state index contributed by atoms with van der Waals surface area (Å²) in [6.45, 7) is 2.14. The van der Waals surface area contributed by atoms with E-state index in [2.05, 4.69) is 11.0 Å². The highest BCUT2D eigenvalue weighted by molar-refractivity contribution is 7.80. The van der Waals surface area contributed by atoms with Gasteiger partial charge in [-0.25, -0.2) is 0 Å². The van der Waals surface area contributed by atoms with E-state index in [0.29, 0.717) is 4.99 Å². The molecule has 18 heavy (non-hydrogen) atoms. The molecule has 0 saturated carbocycles. The molecule has 0 aromatic heterocycles. The van der Waals surface area contributed by atoms with Crippen LogP contribution in [0.5, 0.6) is 5.75 Å². The molecule has 0 amide bonds. The van der Waals surface area contributed by atoms with Crippen LogP contribution in [0.1, 0.15) is 30.9 Å². The van der Waals surface area contributed by atoms with Gasteiger partial charge < -0.3 is 10.5 Å². The highest BCUT2D eigenvalue weighted by atomic mass is 32.1. The van der Waals surface area contributed by atoms with E-state index in [0.717, 1.165) is 24.4 Å². The van der Waals surface area contributed by atoms with E-state index in [1.165, 1.54) is 19.3 Å². The Morgan fingerprint density at radius 1 is 1.33 bits per heavy atom. The van der Waals surface area contributed by atoms with Crippen molar-refractivity contribution in [1.29, 1.82) is 0 Å². The van der Waals surface area contributed by atoms with Gasteiger partial charge in [0.15, 0.2) is 0 Å². The Morgan fingerprint density at radius 3 is 2.67 bits per heavy atom. The largest absolute Gasteiger partial charge is 0.497 e. The third-order valence-electron chi connectivity index (χ3n) is 3.43. The molecule has 0 spiro atoms. The smallest absolute Gasteiger partial charge is 0.119 e. The SMILES string of the molecule is COc1cccc(C(C(N)=S)N2CCCCC2)c1. The van der Waals surface area contributed by atoms with Crippen molar-refractivity contribution in [1.82, 2.24) is 4.90 Å². The van der Waals surface area contributed by atoms with E-state index in [4.69, 9.17) is 22.7 Å². The molecule has 1 saturated heterocycles. The van der Waals surface area contributed by atoms with E-state index < -0.39 is 0 Å². The number of ether oxygens (including phenoxy) is 1. The van der Waals surface area contributed by atoms with Gasteiger partial charge in [0.2, 0.25) is 0 Å². The molecule has 1 aromatic carbocycles. The van der Waals surface area contributed by atoms with Gasteiger partial charge in [-0.3, -0.25) is 4.90 Å². The quantitative estimate of drug-likeness (QED) is 0.848. The van der Waals surface area contributed by atoms with E-state index in [9.17, 15) is 0 Å². The third kappa shape index (κ3) is 3.00. The molecular formula is C14H20N2OS. The molecule has 0 radical (unpaired) electrons. The highest BCUT2D eigenvalue weighted by Gasteiger charge is 2.24. The first-order valence-corrected chi connectivity index (χ1v) is 6.80. The fraction of sp³-hybridized carbons (Fsp3) is 0.500. The molecule has 2 rings (SSSR count). The lowest BCUT2D eigenvalue weighted by Gasteiger charge is -2.34. The lowest BCUT2D eigenvalue weighted by molar-refractivity contribution is 0.203. The van der Waals surface area contributed by atoms with Crippen molar-refractivity contribution in [2.75, 3.05) is 20.2 Å². The van der Waals surface area contributed by atoms with Crippen molar-refractivity contribution in [3.63, 3.8) is 0 Å². The summed E-state index contributed by atoms with van der Waals surface area (Å²) in [5, 5.41) is 0. The molecule has 1 unspecified atom stereocenters. The average molecular weight is 264 g/mol. The summed E-state index contributed by atoms with van der Waals surface area (Å²) < 4.78 is 5.27. The lowest BCUT2D eigenvalue weighted by atomic mass is 10.0. The van der Waals surface area contributed by atoms with Crippen LogP contribution < -0.4 is 10.5 Å². The van der Waals surface area contributed by atoms with Crippen molar-refractivity contribution >= 4 is 17.2 Å². The van der Waals surface area contributed by atoms with Crippen LogP contribution >= 0.6 is 12.2 Å². The van der Waals surface area contributed by atoms with Gasteiger partial charge in [-0.1, -0.05) is 30.8 Å². The number of hydrogen-bond donors (Lipinski definition) is 1. The second-order valence-electron chi connectivity index (χ2n) is 4.68. The molecule has 2 N–H and O–H groups in total. The summed E-state index contributed by atoms with van der Waals surface area (Å²) in [4.78, 5) is 2.92. The first kappa shape index (κ1) is 13.3. The Labute approximate surface area is 114 Å². The zero-order valence-corrected chi connectivity index (χ0v) is 11.6. The number of nitrogens with zero attached hydrogens (tertiary/aromatic N) is 1. The molecule has 1 heterocycles. The predicted octanol–water partition coefficient (Wildman–Crippen LogP) is 2.51. The average Bonchev–Trinajstić information content (AvgIpc) is 2.40. The van der Waals surface area contributed by atoms with Crippen LogP contribution in [-0.4, -0.2) is 30.1 Å². The van der Waals surface area contributed by atoms with Gasteiger partial charge in [0.25, 0.3) is 0 Å². The Kier molecular flexibility index (Phi) is 4.55. The van der Waals surface area contributed by atoms with E-state index in [1.54, 1.807) is 7.11 Å². The van der Waals surface area contributed by atoms with Crippen LogP contribution in [0.15, 0.2) is 24.3 Å². The summed E-state index contributed by atoms with van der Waals surface area (Å²) >= 11 is 5.25. The van der Waals surface area contributed by atoms with Crippen LogP contribution in [0.25, 0.3) is 0 Å². The first-order chi connectivity index (χ1) is 8.72. The van der Waals surface area contributed by atoms with Crippen molar-refractivity contribution in [3.05, 3.63) is 29.8 Å². The highest BCUT2D eigenvalue weighted by Crippen LogP contribution is 2.27. The molecule has 1 aliphatic heterocycles. The van der Waals surface area contributed by atoms with E-state index in [1.807, 2.05) is 18.2 Å². The molecular weight excluding hydrogens is 244 g/mol. The third-order valence-corrected chi connectivity index (χ3v) is 3.66. The number of nitrogens with two attached hydrogens (primary N) is 1. The number of methoxy groups -OCH3 is 1. The molecule has 4 heteroatoms. The van der Waals surface area contributed by atoms with Crippen molar-refractivity contribution in [3.8, 4) is 5.75 Å². The standard InChI is InChI=1S/C14H20N2OS/c1-17-12-7-5-6-11(10-12)13(14(15)18)16-8-3-2-4-9-16/h5-7,10,13H,2-4,8-9H2,1H3,(H2,15,18). The van der Waals surface area contributed by atoms with Gasteiger partial charge in [-0.2, -0.15) is 0 Å². The first-order valence-electron chi connectivity index (χ1n) is 6.39. The predicted molar refractivity (Wildman–Crippen MR) is 77.9 cm³/mol. The molecule has 1 fully saturated rings. The fourth-order valence-corrected chi connectivity index (χ4v) is 2.83. The second-order valence-corrected chi connectivity index (χ2v) is 5.15. The van der Waals surface area contributed by atoms with Crippen LogP contribution in [-0.2, 0) is 0 Å². The number of piperidine rings is 1. The molecule has 98 valence electrons. The van der Waals surface area contributed by atoms with Gasteiger partial charge >= 0.3 is 0 Å². The van der Waals surface area contributed by atoms with Gasteiger partial charge in [0.1, 0.15) is 5.75 Å². The molecule has 1 aromatic rings. The molecule has 0 bridgehead atoms. The maximum atomic E-state index is 5.94. The Hall–Kier alpha value is -1.13. The number of thiocarbonyl (C=S) groups is 1. The molecule has 0 aliphatic carbocycles. The minimum absolute atomic E-state index is 0.0374. The maximum Gasteiger partial charge on any atom is 0.119 e. The van der Waals surface area contributed by atoms with Gasteiger partial charge in [0, 0.05) is 0 Å². The summed E-state index contributed by atoms with van der Waals surface area (Å²) in [5.74, 6) is 0.853. The number of hydrogen-bond acceptors (Lipinski definition) is 3. The lowest BCUT2D eigenvalue weighted by Crippen LogP contribution is -2.40. The molecule has 1 aliphatic rings. The number of benzene rings is 1. The minimum atomic E-state index is 0.0374. The maximum absolute atomic E-state index is 5.94. The van der Waals surface area contributed by atoms with Gasteiger partial charge in [-0.15, -0.1) is 0 Å². The van der Waals surface area contributed by atoms with Crippen LogP contribution in [0, 0.1) is 0 Å². The van der Waals surface area contributed by atoms with Crippen molar-refractivity contribution < 1.29 is 4.74 Å². The summed E-state index contributed by atoms with van der Waals surface area (Å²) in [5.41, 5.74) is 7.07. The Bertz CT molecular complexity index is 416. The fourth-order valence-electron chi connectivity index (χ4n) is 2.54. The Balaban J connectivity index is 2.25. The zero-order valence-electron chi connectivity index (χ0n) is 10.8. The van der Waals surface area contributed by atoms with Gasteiger partial charge in [-0.05, 0) is 43.6 Å². The zero-order chi connectivity index (χ0) is 13.0. The normalized spacial score (nSPS) is 18.3. The minimum Gasteiger partial charge on any atom is -0.497 e. The summed E-state index contributed by atoms with van der Waals surface area (Å²) in [6, 6.07) is 8.06. The van der Waals surface area contributed by atoms with Crippen LogP contribution in [0.4, 0.5) is 0 Å². The van der Waals surface area contributed by atoms with E-state index >= 15 is 0 Å². The van der Waals surface area contributed by atoms with Crippen molar-refractivity contribution in [2.45, 2.75) is 25.3 Å². The topological polar surface area (TPSA) is 38.5 Å². The number of likely N-dealkylation sites (tertiary alicyclic amines) is 1. The van der Waals surface area contributed by atoms with E-state index in [-0.39, 0.29) is 6.04 Å². The van der Waals surface area contributed by atoms with Crippen LogP contribution in [0.3, 0.4) is 0 Å². The summed E-state index contributed by atoms with van der Waals surface area (Å²) in [7, 11) is 1.68. The number of rotatable bonds is 4. The second kappa shape index (κ2) is 6.16. The summed E-state index contributed by atoms with van der Waals surface area (Å²) in [6.07, 6.45) is 3.75. The molecule has 3 nitrogen and oxygen atoms in total. The van der Waals surface area contributed by atoms with Crippen LogP contribution in [0.2, 0.25) is 0 Å². The van der Waals surface area contributed by atoms with Crippen molar-refractivity contribution in [2.24, 2.45) is 5.73 Å². The monoisotopic (exact) mass is 264 g/mol. The molecule has 1 atom stereocenters.